The van der Waals surface area contributed by atoms with Gasteiger partial charge in [-0.1, -0.05) is 23.7 Å². The lowest BCUT2D eigenvalue weighted by Gasteiger charge is -2.22. The Balaban J connectivity index is 1.69. The Morgan fingerprint density at radius 3 is 2.53 bits per heavy atom. The minimum absolute atomic E-state index is 0.556. The number of hydrogen-bond acceptors (Lipinski definition) is 2. The van der Waals surface area contributed by atoms with Crippen molar-refractivity contribution in [3.8, 4) is 0 Å². The SMILES string of the molecule is O=S1CCC(NCCc2ccc(Cl)cc2)CC1. The van der Waals surface area contributed by atoms with Crippen LogP contribution in [-0.2, 0) is 17.2 Å². The van der Waals surface area contributed by atoms with Crippen LogP contribution in [-0.4, -0.2) is 28.3 Å². The highest BCUT2D eigenvalue weighted by Gasteiger charge is 2.16. The molecule has 0 aliphatic carbocycles. The Kier molecular flexibility index (Phi) is 5.01. The minimum Gasteiger partial charge on any atom is -0.314 e. The van der Waals surface area contributed by atoms with E-state index in [9.17, 15) is 4.21 Å². The molecular weight excluding hydrogens is 254 g/mol. The third kappa shape index (κ3) is 4.41. The van der Waals surface area contributed by atoms with E-state index >= 15 is 0 Å². The Labute approximate surface area is 110 Å². The summed E-state index contributed by atoms with van der Waals surface area (Å²) in [5, 5.41) is 4.33. The van der Waals surface area contributed by atoms with Crippen LogP contribution in [0.1, 0.15) is 18.4 Å². The van der Waals surface area contributed by atoms with Gasteiger partial charge >= 0.3 is 0 Å². The summed E-state index contributed by atoms with van der Waals surface area (Å²) in [5.74, 6) is 1.72. The third-order valence-electron chi connectivity index (χ3n) is 3.15. The maximum absolute atomic E-state index is 11.2. The molecule has 0 bridgehead atoms. The second-order valence-corrected chi connectivity index (χ2v) is 6.59. The molecule has 0 unspecified atom stereocenters. The number of benzene rings is 1. The van der Waals surface area contributed by atoms with Crippen LogP contribution < -0.4 is 5.32 Å². The average molecular weight is 272 g/mol. The molecule has 94 valence electrons. The number of nitrogens with one attached hydrogen (secondary N) is 1. The zero-order chi connectivity index (χ0) is 12.1. The van der Waals surface area contributed by atoms with Gasteiger partial charge in [-0.15, -0.1) is 0 Å². The summed E-state index contributed by atoms with van der Waals surface area (Å²) in [6.07, 6.45) is 3.12. The van der Waals surface area contributed by atoms with Crippen molar-refractivity contribution in [3.05, 3.63) is 34.9 Å². The topological polar surface area (TPSA) is 29.1 Å². The van der Waals surface area contributed by atoms with E-state index < -0.39 is 10.8 Å². The van der Waals surface area contributed by atoms with E-state index in [4.69, 9.17) is 11.6 Å². The Hall–Kier alpha value is -0.380. The monoisotopic (exact) mass is 271 g/mol. The fraction of sp³-hybridized carbons (Fsp3) is 0.538. The molecule has 4 heteroatoms. The van der Waals surface area contributed by atoms with E-state index in [1.54, 1.807) is 0 Å². The molecule has 1 fully saturated rings. The van der Waals surface area contributed by atoms with E-state index in [0.29, 0.717) is 6.04 Å². The Morgan fingerprint density at radius 2 is 1.88 bits per heavy atom. The summed E-state index contributed by atoms with van der Waals surface area (Å²) in [5.41, 5.74) is 1.31. The van der Waals surface area contributed by atoms with Crippen LogP contribution in [0, 0.1) is 0 Å². The van der Waals surface area contributed by atoms with Crippen molar-refractivity contribution in [1.82, 2.24) is 5.32 Å². The highest BCUT2D eigenvalue weighted by Crippen LogP contribution is 2.11. The molecule has 0 radical (unpaired) electrons. The first-order chi connectivity index (χ1) is 8.24. The zero-order valence-corrected chi connectivity index (χ0v) is 11.4. The summed E-state index contributed by atoms with van der Waals surface area (Å²) < 4.78 is 11.2. The van der Waals surface area contributed by atoms with Gasteiger partial charge in [0.1, 0.15) is 0 Å². The van der Waals surface area contributed by atoms with E-state index in [2.05, 4.69) is 17.4 Å². The van der Waals surface area contributed by atoms with Gasteiger partial charge < -0.3 is 5.32 Å². The second-order valence-electron chi connectivity index (χ2n) is 4.45. The first-order valence-corrected chi connectivity index (χ1v) is 7.93. The molecule has 0 aromatic heterocycles. The molecule has 1 heterocycles. The Bertz CT molecular complexity index is 370. The van der Waals surface area contributed by atoms with Gasteiger partial charge in [0.15, 0.2) is 0 Å². The number of rotatable bonds is 4. The van der Waals surface area contributed by atoms with Crippen LogP contribution in [0.5, 0.6) is 0 Å². The standard InChI is InChI=1S/C13H18ClNOS/c14-12-3-1-11(2-4-12)5-8-15-13-6-9-17(16)10-7-13/h1-4,13,15H,5-10H2. The molecule has 1 aromatic rings. The third-order valence-corrected chi connectivity index (χ3v) is 4.78. The van der Waals surface area contributed by atoms with Crippen LogP contribution in [0.4, 0.5) is 0 Å². The van der Waals surface area contributed by atoms with E-state index in [1.165, 1.54) is 5.56 Å². The lowest BCUT2D eigenvalue weighted by Crippen LogP contribution is -2.36. The quantitative estimate of drug-likeness (QED) is 0.911. The van der Waals surface area contributed by atoms with E-state index in [1.807, 2.05) is 12.1 Å². The van der Waals surface area contributed by atoms with Gasteiger partial charge in [-0.3, -0.25) is 4.21 Å². The molecule has 1 N–H and O–H groups in total. The van der Waals surface area contributed by atoms with Gasteiger partial charge in [-0.2, -0.15) is 0 Å². The molecule has 17 heavy (non-hydrogen) atoms. The highest BCUT2D eigenvalue weighted by molar-refractivity contribution is 7.85. The predicted molar refractivity (Wildman–Crippen MR) is 74.1 cm³/mol. The van der Waals surface area contributed by atoms with Crippen molar-refractivity contribution in [2.45, 2.75) is 25.3 Å². The van der Waals surface area contributed by atoms with Crippen molar-refractivity contribution in [2.75, 3.05) is 18.1 Å². The number of halogens is 1. The highest BCUT2D eigenvalue weighted by atomic mass is 35.5. The van der Waals surface area contributed by atoms with Gasteiger partial charge in [0.05, 0.1) is 0 Å². The van der Waals surface area contributed by atoms with E-state index in [0.717, 1.165) is 42.3 Å². The first-order valence-electron chi connectivity index (χ1n) is 6.07. The van der Waals surface area contributed by atoms with Gasteiger partial charge in [0.2, 0.25) is 0 Å². The van der Waals surface area contributed by atoms with Crippen LogP contribution in [0.3, 0.4) is 0 Å². The molecule has 0 saturated carbocycles. The Morgan fingerprint density at radius 1 is 1.24 bits per heavy atom. The molecule has 1 aliphatic heterocycles. The lowest BCUT2D eigenvalue weighted by atomic mass is 10.1. The van der Waals surface area contributed by atoms with Crippen LogP contribution in [0.2, 0.25) is 5.02 Å². The van der Waals surface area contributed by atoms with Gasteiger partial charge in [0.25, 0.3) is 0 Å². The lowest BCUT2D eigenvalue weighted by molar-refractivity contribution is 0.479. The molecule has 1 aromatic carbocycles. The zero-order valence-electron chi connectivity index (χ0n) is 9.82. The van der Waals surface area contributed by atoms with Crippen molar-refractivity contribution in [3.63, 3.8) is 0 Å². The fourth-order valence-electron chi connectivity index (χ4n) is 2.07. The van der Waals surface area contributed by atoms with Gasteiger partial charge in [-0.05, 0) is 43.5 Å². The first kappa shape index (κ1) is 13.1. The van der Waals surface area contributed by atoms with Crippen LogP contribution in [0.15, 0.2) is 24.3 Å². The van der Waals surface area contributed by atoms with Crippen molar-refractivity contribution in [1.29, 1.82) is 0 Å². The molecule has 0 atom stereocenters. The van der Waals surface area contributed by atoms with Crippen molar-refractivity contribution >= 4 is 22.4 Å². The molecule has 1 saturated heterocycles. The van der Waals surface area contributed by atoms with Crippen LogP contribution in [0.25, 0.3) is 0 Å². The molecule has 0 spiro atoms. The predicted octanol–water partition coefficient (Wildman–Crippen LogP) is 2.38. The van der Waals surface area contributed by atoms with Crippen LogP contribution >= 0.6 is 11.6 Å². The summed E-state index contributed by atoms with van der Waals surface area (Å²) in [4.78, 5) is 0. The second kappa shape index (κ2) is 6.53. The smallest absolute Gasteiger partial charge is 0.0406 e. The molecule has 1 aliphatic rings. The van der Waals surface area contributed by atoms with Crippen molar-refractivity contribution < 1.29 is 4.21 Å². The maximum Gasteiger partial charge on any atom is 0.0406 e. The largest absolute Gasteiger partial charge is 0.314 e. The maximum atomic E-state index is 11.2. The normalized spacial score (nSPS) is 24.8. The minimum atomic E-state index is -0.560. The summed E-state index contributed by atoms with van der Waals surface area (Å²) >= 11 is 5.84. The summed E-state index contributed by atoms with van der Waals surface area (Å²) in [7, 11) is -0.560. The number of hydrogen-bond donors (Lipinski definition) is 1. The molecule has 2 nitrogen and oxygen atoms in total. The summed E-state index contributed by atoms with van der Waals surface area (Å²) in [6.45, 7) is 0.985. The van der Waals surface area contributed by atoms with Gasteiger partial charge in [-0.25, -0.2) is 0 Å². The van der Waals surface area contributed by atoms with Gasteiger partial charge in [0, 0.05) is 33.4 Å². The molecular formula is C13H18ClNOS. The van der Waals surface area contributed by atoms with E-state index in [-0.39, 0.29) is 0 Å². The molecule has 0 amide bonds. The average Bonchev–Trinajstić information content (AvgIpc) is 2.34. The molecule has 2 rings (SSSR count). The fourth-order valence-corrected chi connectivity index (χ4v) is 3.49. The van der Waals surface area contributed by atoms with Crippen molar-refractivity contribution in [2.24, 2.45) is 0 Å². The summed E-state index contributed by atoms with van der Waals surface area (Å²) in [6, 6.07) is 8.56.